The summed E-state index contributed by atoms with van der Waals surface area (Å²) >= 11 is 0.787. The van der Waals surface area contributed by atoms with E-state index in [-0.39, 0.29) is 88.0 Å². The Kier molecular flexibility index (Phi) is 36.8. The van der Waals surface area contributed by atoms with Crippen LogP contribution in [0, 0.1) is 10.8 Å². The van der Waals surface area contributed by atoms with Gasteiger partial charge in [0.1, 0.15) is 78.3 Å². The van der Waals surface area contributed by atoms with Gasteiger partial charge in [0.15, 0.2) is 11.9 Å². The van der Waals surface area contributed by atoms with E-state index in [9.17, 15) is 53.7 Å². The number of nitrogens with two attached hydrogens (primary N) is 3. The van der Waals surface area contributed by atoms with Crippen molar-refractivity contribution in [1.29, 1.82) is 10.8 Å². The van der Waals surface area contributed by atoms with Gasteiger partial charge in [0.2, 0.25) is 82.7 Å². The van der Waals surface area contributed by atoms with E-state index in [0.29, 0.717) is 27.8 Å². The van der Waals surface area contributed by atoms with Crippen LogP contribution < -0.4 is 91.6 Å². The SMILES string of the molecule is CC[C@@H]1NC(=O)[C@H](Cc2ccccc2)NC(=O)CSC[C@@H](C(=O)NCC(N)=O)NC(=O)[C@H](Cc2cncn2C)NC(=O)[C@H](CCCNC(=N)N)NC(=O)[C@H](Cc2c[nH]cn2)NC(=O)[C@H](Cc2ccc(O)cc2)N(C)C(=O)[C@H](CCCNC(=N)N)NC(=O)[C@H](CO)NC(=O)[C@@H](CO)NC(=O)[C@H](Cc2c[nH]cn2)NC(=O)[C@H](Cc2cccc3ccccc23)NC1=O. The molecule has 12 atom stereocenters. The first-order chi connectivity index (χ1) is 59.4. The minimum Gasteiger partial charge on any atom is -0.508 e. The molecule has 43 nitrogen and oxygen atoms in total. The Labute approximate surface area is 715 Å². The molecule has 0 aliphatic carbocycles. The van der Waals surface area contributed by atoms with Crippen LogP contribution in [-0.4, -0.2) is 268 Å². The maximum Gasteiger partial charge on any atom is 0.245 e. The number of nitrogens with zero attached hydrogens (tertiary/aromatic N) is 5. The number of aromatic nitrogens is 6. The van der Waals surface area contributed by atoms with E-state index in [0.717, 1.165) is 22.0 Å². The summed E-state index contributed by atoms with van der Waals surface area (Å²) in [6.07, 6.45) is 5.49. The van der Waals surface area contributed by atoms with Gasteiger partial charge >= 0.3 is 0 Å². The van der Waals surface area contributed by atoms with Crippen molar-refractivity contribution >= 4 is 117 Å². The summed E-state index contributed by atoms with van der Waals surface area (Å²) in [6, 6.07) is 6.30. The van der Waals surface area contributed by atoms with Gasteiger partial charge < -0.3 is 126 Å². The third kappa shape index (κ3) is 29.7. The number of H-pyrrole nitrogens is 2. The zero-order chi connectivity index (χ0) is 89.9. The normalized spacial score (nSPS) is 22.2. The Balaban J connectivity index is 1.21. The van der Waals surface area contributed by atoms with Crippen LogP contribution in [0.15, 0.2) is 135 Å². The third-order valence-corrected chi connectivity index (χ3v) is 21.0. The average molecular weight is 1740 g/mol. The van der Waals surface area contributed by atoms with Crippen molar-refractivity contribution in [3.05, 3.63) is 168 Å². The molecule has 0 unspecified atom stereocenters. The quantitative estimate of drug-likeness (QED) is 0.0136. The van der Waals surface area contributed by atoms with E-state index >= 15 is 28.8 Å². The molecule has 4 heterocycles. The van der Waals surface area contributed by atoms with Crippen molar-refractivity contribution in [2.45, 2.75) is 150 Å². The van der Waals surface area contributed by atoms with E-state index < -0.39 is 211 Å². The topological polar surface area (TPSA) is 672 Å². The number of amides is 14. The van der Waals surface area contributed by atoms with Crippen LogP contribution in [0.3, 0.4) is 0 Å². The van der Waals surface area contributed by atoms with Crippen molar-refractivity contribution < 1.29 is 82.4 Å². The number of likely N-dealkylation sites (N-methyl/N-ethyl adjacent to an activating group) is 1. The lowest BCUT2D eigenvalue weighted by Gasteiger charge is -2.33. The van der Waals surface area contributed by atoms with Crippen LogP contribution >= 0.6 is 11.8 Å². The van der Waals surface area contributed by atoms with Crippen LogP contribution in [-0.2, 0) is 113 Å². The van der Waals surface area contributed by atoms with Gasteiger partial charge in [-0.25, -0.2) is 15.0 Å². The highest BCUT2D eigenvalue weighted by Crippen LogP contribution is 2.22. The largest absolute Gasteiger partial charge is 0.508 e. The molecule has 27 N–H and O–H groups in total. The molecule has 1 fully saturated rings. The summed E-state index contributed by atoms with van der Waals surface area (Å²) in [5, 5.41) is 85.3. The number of hydrogen-bond donors (Lipinski definition) is 24. The van der Waals surface area contributed by atoms with Crippen LogP contribution in [0.2, 0.25) is 0 Å². The molecule has 8 rings (SSSR count). The summed E-state index contributed by atoms with van der Waals surface area (Å²) in [4.78, 5) is 225. The highest BCUT2D eigenvalue weighted by molar-refractivity contribution is 8.00. The van der Waals surface area contributed by atoms with Crippen molar-refractivity contribution in [2.75, 3.05) is 51.4 Å². The lowest BCUT2D eigenvalue weighted by molar-refractivity contribution is -0.143. The summed E-state index contributed by atoms with van der Waals surface area (Å²) in [5.41, 5.74) is 18.8. The molecule has 0 spiro atoms. The number of aliphatic hydroxyl groups excluding tert-OH is 2. The minimum absolute atomic E-state index is 0.00576. The summed E-state index contributed by atoms with van der Waals surface area (Å²) < 4.78 is 1.53. The van der Waals surface area contributed by atoms with Crippen molar-refractivity contribution in [1.82, 2.24) is 109 Å². The number of aromatic amines is 2. The summed E-state index contributed by atoms with van der Waals surface area (Å²) in [5.74, 6) is -16.4. The zero-order valence-corrected chi connectivity index (χ0v) is 69.1. The highest BCUT2D eigenvalue weighted by Gasteiger charge is 2.40. The molecule has 664 valence electrons. The number of hydrogen-bond acceptors (Lipinski definition) is 23. The molecule has 124 heavy (non-hydrogen) atoms. The maximum absolute atomic E-state index is 15.4. The number of aliphatic hydroxyl groups is 2. The number of benzene rings is 4. The number of aryl methyl sites for hydroxylation is 1. The molecule has 0 bridgehead atoms. The van der Waals surface area contributed by atoms with Gasteiger partial charge in [-0.3, -0.25) is 77.9 Å². The van der Waals surface area contributed by atoms with E-state index in [4.69, 9.17) is 28.0 Å². The first-order valence-electron chi connectivity index (χ1n) is 39.7. The van der Waals surface area contributed by atoms with Gasteiger partial charge in [0, 0.05) is 95.7 Å². The number of rotatable bonds is 26. The zero-order valence-electron chi connectivity index (χ0n) is 68.3. The second-order valence-electron chi connectivity index (χ2n) is 29.3. The molecule has 1 aliphatic rings. The number of carbonyl (C=O) groups is 14. The number of carbonyl (C=O) groups excluding carboxylic acids is 14. The van der Waals surface area contributed by atoms with Gasteiger partial charge in [-0.15, -0.1) is 11.8 Å². The Bertz CT molecular complexity index is 4840. The summed E-state index contributed by atoms with van der Waals surface area (Å²) in [6.45, 7) is -1.63. The molecule has 1 saturated heterocycles. The third-order valence-electron chi connectivity index (χ3n) is 20.0. The standard InChI is InChI=1S/C80H106N26O17S/c1-4-53-68(113)98-57(29-47-17-10-16-46-15-8-9-18-52(46)47)71(116)99-58(30-48-33-86-41-92-48)73(118)102-62(38-108)76(121)103-61(37-107)75(120)97-55(20-12-26-90-80(84)85)78(123)106(3)64(28-45-21-23-51(109)24-22-45)77(122)101-59(31-49-34-87-42-93-49)72(117)96-54(19-11-25-89-79(82)83)69(114)100-60(32-50-35-88-43-105(50)2)74(119)104-63(67(112)91-36-65(81)110)39-124-40-66(111)94-56(70(115)95-53)27-44-13-6-5-7-14-44/h5-10,13-18,21-24,33-35,41-43,53-64,107-109H,4,11-12,19-20,25-32,36-40H2,1-3H3,(H2,81,110)(H,86,92)(H,87,93)(H,91,112)(H,94,111)(H,95,115)(H,96,117)(H,97,120)(H,98,113)(H,99,116)(H,100,114)(H,101,122)(H,102,118)(H,103,121)(H,104,119)(H4,82,83,89)(H4,84,85,90)/t53-,54-,55-,56-,57-,58-,59-,60-,61-,62+,63-,64-/m0/s1. The number of phenols is 1. The Morgan fingerprint density at radius 3 is 1.52 bits per heavy atom. The van der Waals surface area contributed by atoms with Crippen LogP contribution in [0.25, 0.3) is 10.8 Å². The molecule has 14 amide bonds. The van der Waals surface area contributed by atoms with Crippen molar-refractivity contribution in [3.63, 3.8) is 0 Å². The second kappa shape index (κ2) is 47.8. The maximum atomic E-state index is 15.4. The molecule has 0 saturated carbocycles. The minimum atomic E-state index is -1.98. The monoisotopic (exact) mass is 1730 g/mol. The van der Waals surface area contributed by atoms with Gasteiger partial charge in [-0.05, 0) is 71.7 Å². The molecular formula is C80H106N26O17S. The average Bonchev–Trinajstić information content (AvgIpc) is 0.860. The van der Waals surface area contributed by atoms with Crippen LogP contribution in [0.1, 0.15) is 72.8 Å². The second-order valence-corrected chi connectivity index (χ2v) is 30.3. The predicted molar refractivity (Wildman–Crippen MR) is 451 cm³/mol. The molecule has 0 radical (unpaired) electrons. The van der Waals surface area contributed by atoms with Gasteiger partial charge in [0.05, 0.1) is 55.9 Å². The summed E-state index contributed by atoms with van der Waals surface area (Å²) in [7, 11) is 2.78. The first kappa shape index (κ1) is 95.4. The van der Waals surface area contributed by atoms with E-state index in [2.05, 4.69) is 99.4 Å². The van der Waals surface area contributed by atoms with Gasteiger partial charge in [-0.1, -0.05) is 91.9 Å². The van der Waals surface area contributed by atoms with E-state index in [1.165, 1.54) is 73.5 Å². The Morgan fingerprint density at radius 2 is 0.976 bits per heavy atom. The smallest absolute Gasteiger partial charge is 0.245 e. The highest BCUT2D eigenvalue weighted by atomic mass is 32.2. The lowest BCUT2D eigenvalue weighted by Crippen LogP contribution is -2.62. The first-order valence-corrected chi connectivity index (χ1v) is 40.9. The molecule has 3 aromatic heterocycles. The van der Waals surface area contributed by atoms with Crippen molar-refractivity contribution in [2.24, 2.45) is 24.2 Å². The van der Waals surface area contributed by atoms with Gasteiger partial charge in [0.25, 0.3) is 0 Å². The van der Waals surface area contributed by atoms with Crippen molar-refractivity contribution in [3.8, 4) is 5.75 Å². The number of imidazole rings is 3. The molecular weight excluding hydrogens is 1630 g/mol. The number of phenolic OH excluding ortho intramolecular Hbond substituents is 1. The van der Waals surface area contributed by atoms with E-state index in [1.54, 1.807) is 74.6 Å². The Morgan fingerprint density at radius 1 is 0.508 bits per heavy atom. The number of nitrogens with one attached hydrogen (secondary N) is 18. The fourth-order valence-corrected chi connectivity index (χ4v) is 14.1. The van der Waals surface area contributed by atoms with E-state index in [1.807, 2.05) is 12.1 Å². The van der Waals surface area contributed by atoms with Crippen LogP contribution in [0.4, 0.5) is 0 Å². The molecule has 4 aromatic carbocycles. The van der Waals surface area contributed by atoms with Crippen LogP contribution in [0.5, 0.6) is 5.75 Å². The number of aromatic hydroxyl groups is 1. The number of fused-ring (bicyclic) bond motifs is 1. The predicted octanol–water partition coefficient (Wildman–Crippen LogP) is -6.09. The molecule has 1 aliphatic heterocycles. The van der Waals surface area contributed by atoms with Gasteiger partial charge in [-0.2, -0.15) is 0 Å². The Hall–Kier alpha value is -14.0. The number of thioether (sulfide) groups is 1. The fourth-order valence-electron chi connectivity index (χ4n) is 13.3. The molecule has 44 heteroatoms. The molecule has 7 aromatic rings. The number of guanidine groups is 2. The lowest BCUT2D eigenvalue weighted by atomic mass is 9.97. The fraction of sp³-hybridized carbons (Fsp3) is 0.412. The number of primary amides is 1.